The third-order valence-corrected chi connectivity index (χ3v) is 9.34. The van der Waals surface area contributed by atoms with E-state index in [4.69, 9.17) is 0 Å². The number of hydrogen-bond acceptors (Lipinski definition) is 5. The molecule has 41 heavy (non-hydrogen) atoms. The van der Waals surface area contributed by atoms with E-state index < -0.39 is 10.0 Å². The number of hydrogen-bond donors (Lipinski definition) is 3. The van der Waals surface area contributed by atoms with E-state index in [1.54, 1.807) is 13.0 Å². The van der Waals surface area contributed by atoms with Gasteiger partial charge in [0.05, 0.1) is 17.5 Å². The highest BCUT2D eigenvalue weighted by Crippen LogP contribution is 2.23. The fourth-order valence-corrected chi connectivity index (χ4v) is 5.92. The second kappa shape index (κ2) is 15.4. The highest BCUT2D eigenvalue weighted by molar-refractivity contribution is 7.92. The maximum absolute atomic E-state index is 13.7. The number of carbonyl (C=O) groups is 2. The molecule has 3 N–H and O–H groups in total. The number of amides is 2. The van der Waals surface area contributed by atoms with Crippen LogP contribution in [0.1, 0.15) is 80.4 Å². The number of nitrogens with zero attached hydrogens (tertiary/aromatic N) is 1. The Kier molecular flexibility index (Phi) is 12.2. The average molecular weight is 585 g/mol. The molecule has 0 fully saturated rings. The molecule has 1 aliphatic rings. The number of carbonyl (C=O) groups excluding carboxylic acids is 2. The van der Waals surface area contributed by atoms with Gasteiger partial charge in [0.25, 0.3) is 5.91 Å². The van der Waals surface area contributed by atoms with Gasteiger partial charge in [-0.05, 0) is 86.3 Å². The van der Waals surface area contributed by atoms with Gasteiger partial charge in [0.1, 0.15) is 0 Å². The molecule has 2 atom stereocenters. The van der Waals surface area contributed by atoms with Crippen LogP contribution < -0.4 is 20.3 Å². The smallest absolute Gasteiger partial charge is 0.251 e. The molecule has 1 aliphatic heterocycles. The van der Waals surface area contributed by atoms with Crippen molar-refractivity contribution >= 4 is 27.5 Å². The summed E-state index contributed by atoms with van der Waals surface area (Å²) in [6.45, 7) is 8.84. The molecule has 0 unspecified atom stereocenters. The molecule has 0 aromatic heterocycles. The molecule has 226 valence electrons. The Morgan fingerprint density at radius 1 is 1.05 bits per heavy atom. The van der Waals surface area contributed by atoms with E-state index in [0.717, 1.165) is 43.2 Å². The highest BCUT2D eigenvalue weighted by atomic mass is 32.2. The monoisotopic (exact) mass is 584 g/mol. The summed E-state index contributed by atoms with van der Waals surface area (Å²) in [6, 6.07) is 13.3. The zero-order valence-electron chi connectivity index (χ0n) is 25.3. The van der Waals surface area contributed by atoms with Crippen molar-refractivity contribution in [3.63, 3.8) is 0 Å². The summed E-state index contributed by atoms with van der Waals surface area (Å²) in [5.41, 5.74) is 4.26. The van der Waals surface area contributed by atoms with Crippen LogP contribution in [0.5, 0.6) is 0 Å². The summed E-state index contributed by atoms with van der Waals surface area (Å²) >= 11 is 0. The molecule has 3 rings (SSSR count). The van der Waals surface area contributed by atoms with Crippen LogP contribution in [0, 0.1) is 5.92 Å². The van der Waals surface area contributed by atoms with Gasteiger partial charge in [-0.15, -0.1) is 0 Å². The highest BCUT2D eigenvalue weighted by Gasteiger charge is 2.23. The number of nitrogens with one attached hydrogen (secondary N) is 3. The Hall–Kier alpha value is -2.91. The molecule has 4 bridgehead atoms. The zero-order chi connectivity index (χ0) is 30.0. The van der Waals surface area contributed by atoms with Gasteiger partial charge in [-0.25, -0.2) is 8.42 Å². The lowest BCUT2D eigenvalue weighted by Crippen LogP contribution is -2.51. The van der Waals surface area contributed by atoms with E-state index in [9.17, 15) is 18.0 Å². The average Bonchev–Trinajstić information content (AvgIpc) is 2.95. The predicted octanol–water partition coefficient (Wildman–Crippen LogP) is 4.22. The number of fused-ring (bicyclic) bond motifs is 4. The maximum atomic E-state index is 13.7. The Balaban J connectivity index is 1.91. The molecule has 2 aromatic carbocycles. The maximum Gasteiger partial charge on any atom is 0.251 e. The molecule has 0 saturated heterocycles. The SMILES string of the molecule is CCC[C@H](NC[C@H]1Cc2cccc(c2)CCCCc2cc(cc(N(C)S(=O)(=O)CC)c2)C(=O)N1)C(=O)NCC(C)C. The van der Waals surface area contributed by atoms with Gasteiger partial charge in [0, 0.05) is 31.7 Å². The molecule has 2 aromatic rings. The quantitative estimate of drug-likeness (QED) is 0.367. The van der Waals surface area contributed by atoms with Crippen LogP contribution in [0.25, 0.3) is 0 Å². The topological polar surface area (TPSA) is 108 Å². The van der Waals surface area contributed by atoms with Crippen molar-refractivity contribution in [2.75, 3.05) is 30.2 Å². The number of aryl methyl sites for hydroxylation is 2. The molecule has 0 saturated carbocycles. The lowest BCUT2D eigenvalue weighted by molar-refractivity contribution is -0.123. The van der Waals surface area contributed by atoms with Crippen LogP contribution in [0.2, 0.25) is 0 Å². The van der Waals surface area contributed by atoms with E-state index >= 15 is 0 Å². The van der Waals surface area contributed by atoms with E-state index in [-0.39, 0.29) is 29.7 Å². The summed E-state index contributed by atoms with van der Waals surface area (Å²) < 4.78 is 26.6. The summed E-state index contributed by atoms with van der Waals surface area (Å²) in [7, 11) is -1.94. The molecule has 1 heterocycles. The van der Waals surface area contributed by atoms with Crippen LogP contribution in [-0.2, 0) is 34.1 Å². The first kappa shape index (κ1) is 32.6. The van der Waals surface area contributed by atoms with Crippen LogP contribution in [0.4, 0.5) is 5.69 Å². The summed E-state index contributed by atoms with van der Waals surface area (Å²) in [6.07, 6.45) is 5.79. The number of sulfonamides is 1. The zero-order valence-corrected chi connectivity index (χ0v) is 26.1. The van der Waals surface area contributed by atoms with Gasteiger partial charge in [-0.1, -0.05) is 51.5 Å². The van der Waals surface area contributed by atoms with E-state index in [1.165, 1.54) is 16.9 Å². The van der Waals surface area contributed by atoms with Crippen molar-refractivity contribution in [1.82, 2.24) is 16.0 Å². The lowest BCUT2D eigenvalue weighted by Gasteiger charge is -2.25. The van der Waals surface area contributed by atoms with Gasteiger partial charge in [-0.2, -0.15) is 0 Å². The van der Waals surface area contributed by atoms with Gasteiger partial charge in [0.15, 0.2) is 0 Å². The molecule has 0 aliphatic carbocycles. The molecule has 0 spiro atoms. The van der Waals surface area contributed by atoms with Crippen LogP contribution in [-0.4, -0.2) is 58.2 Å². The van der Waals surface area contributed by atoms with Crippen molar-refractivity contribution in [2.24, 2.45) is 5.92 Å². The molecule has 9 heteroatoms. The van der Waals surface area contributed by atoms with Crippen molar-refractivity contribution in [1.29, 1.82) is 0 Å². The summed E-state index contributed by atoms with van der Waals surface area (Å²) in [4.78, 5) is 26.6. The second-order valence-corrected chi connectivity index (χ2v) is 13.8. The molecule has 0 radical (unpaired) electrons. The summed E-state index contributed by atoms with van der Waals surface area (Å²) in [5.74, 6) is 0.0584. The number of benzene rings is 2. The lowest BCUT2D eigenvalue weighted by atomic mass is 9.97. The standard InChI is InChI=1S/C32H48N4O4S/c1-6-11-30(32(38)34-21-23(3)4)33-22-28-18-25-15-10-14-24(16-25)12-8-9-13-26-17-27(31(37)35-28)20-29(19-26)36(5)41(39,40)7-2/h10,14-17,19-20,23,28,30,33H,6-9,11-13,18,21-22H2,1-5H3,(H,34,38)(H,35,37)/t28-,30+/m1/s1. The van der Waals surface area contributed by atoms with Gasteiger partial charge in [0.2, 0.25) is 15.9 Å². The summed E-state index contributed by atoms with van der Waals surface area (Å²) in [5, 5.41) is 9.65. The second-order valence-electron chi connectivity index (χ2n) is 11.5. The molecular formula is C32H48N4O4S. The third kappa shape index (κ3) is 9.85. The molecular weight excluding hydrogens is 536 g/mol. The largest absolute Gasteiger partial charge is 0.354 e. The third-order valence-electron chi connectivity index (χ3n) is 7.56. The Labute approximate surface area is 246 Å². The first-order valence-electron chi connectivity index (χ1n) is 15.0. The van der Waals surface area contributed by atoms with E-state index in [0.29, 0.717) is 43.1 Å². The van der Waals surface area contributed by atoms with Crippen molar-refractivity contribution < 1.29 is 18.0 Å². The minimum Gasteiger partial charge on any atom is -0.354 e. The Morgan fingerprint density at radius 3 is 2.44 bits per heavy atom. The first-order chi connectivity index (χ1) is 19.5. The van der Waals surface area contributed by atoms with Gasteiger partial charge < -0.3 is 16.0 Å². The van der Waals surface area contributed by atoms with Gasteiger partial charge >= 0.3 is 0 Å². The van der Waals surface area contributed by atoms with Crippen molar-refractivity contribution in [2.45, 2.75) is 84.7 Å². The van der Waals surface area contributed by atoms with E-state index in [1.807, 2.05) is 12.1 Å². The fourth-order valence-electron chi connectivity index (χ4n) is 5.11. The number of rotatable bonds is 11. The molecule has 8 nitrogen and oxygen atoms in total. The van der Waals surface area contributed by atoms with Crippen molar-refractivity contribution in [3.8, 4) is 0 Å². The van der Waals surface area contributed by atoms with Crippen LogP contribution in [0.3, 0.4) is 0 Å². The van der Waals surface area contributed by atoms with Crippen LogP contribution >= 0.6 is 0 Å². The normalized spacial score (nSPS) is 16.9. The Bertz CT molecular complexity index is 1280. The van der Waals surface area contributed by atoms with Gasteiger partial charge in [-0.3, -0.25) is 13.9 Å². The first-order valence-corrected chi connectivity index (χ1v) is 16.6. The minimum absolute atomic E-state index is 0.0210. The minimum atomic E-state index is -3.48. The number of anilines is 1. The molecule has 2 amide bonds. The van der Waals surface area contributed by atoms with Crippen LogP contribution in [0.15, 0.2) is 42.5 Å². The fraction of sp³-hybridized carbons (Fsp3) is 0.562. The Morgan fingerprint density at radius 2 is 1.76 bits per heavy atom. The van der Waals surface area contributed by atoms with E-state index in [2.05, 4.69) is 61.0 Å². The van der Waals surface area contributed by atoms with Crippen molar-refractivity contribution in [3.05, 3.63) is 64.7 Å². The predicted molar refractivity (Wildman–Crippen MR) is 167 cm³/mol.